The standard InChI is InChI=1S/C16H16N2OS/c1-3-8-18-10-17-14-13(9-20-15(14)16(18)19)12-6-4-11(2)5-7-12/h4-7,9-10H,3,8H2,1-2H3. The molecular weight excluding hydrogens is 268 g/mol. The minimum atomic E-state index is 0.0696. The topological polar surface area (TPSA) is 34.9 Å². The maximum Gasteiger partial charge on any atom is 0.271 e. The SMILES string of the molecule is CCCn1cnc2c(-c3ccc(C)cc3)csc2c1=O. The molecule has 0 saturated carbocycles. The van der Waals surface area contributed by atoms with Crippen molar-refractivity contribution >= 4 is 21.6 Å². The number of aryl methyl sites for hydroxylation is 2. The number of hydrogen-bond acceptors (Lipinski definition) is 3. The second kappa shape index (κ2) is 5.21. The lowest BCUT2D eigenvalue weighted by atomic mass is 10.1. The fourth-order valence-electron chi connectivity index (χ4n) is 2.28. The maximum atomic E-state index is 12.4. The third kappa shape index (κ3) is 2.16. The fraction of sp³-hybridized carbons (Fsp3) is 0.250. The van der Waals surface area contributed by atoms with Crippen LogP contribution in [-0.2, 0) is 6.54 Å². The fourth-order valence-corrected chi connectivity index (χ4v) is 3.26. The largest absolute Gasteiger partial charge is 0.298 e. The molecule has 0 radical (unpaired) electrons. The Hall–Kier alpha value is -1.94. The molecule has 0 aliphatic carbocycles. The Morgan fingerprint density at radius 3 is 2.70 bits per heavy atom. The molecule has 2 heterocycles. The number of benzene rings is 1. The van der Waals surface area contributed by atoms with Gasteiger partial charge in [0.15, 0.2) is 0 Å². The van der Waals surface area contributed by atoms with Crippen molar-refractivity contribution in [3.63, 3.8) is 0 Å². The van der Waals surface area contributed by atoms with Gasteiger partial charge in [-0.2, -0.15) is 0 Å². The lowest BCUT2D eigenvalue weighted by Gasteiger charge is -2.03. The van der Waals surface area contributed by atoms with Gasteiger partial charge >= 0.3 is 0 Å². The van der Waals surface area contributed by atoms with Crippen molar-refractivity contribution < 1.29 is 0 Å². The third-order valence-electron chi connectivity index (χ3n) is 3.37. The van der Waals surface area contributed by atoms with Crippen LogP contribution in [0.15, 0.2) is 40.8 Å². The van der Waals surface area contributed by atoms with E-state index in [1.165, 1.54) is 16.9 Å². The second-order valence-electron chi connectivity index (χ2n) is 4.94. The third-order valence-corrected chi connectivity index (χ3v) is 4.33. The number of hydrogen-bond donors (Lipinski definition) is 0. The molecule has 102 valence electrons. The second-order valence-corrected chi connectivity index (χ2v) is 5.82. The van der Waals surface area contributed by atoms with Crippen LogP contribution in [0.4, 0.5) is 0 Å². The first kappa shape index (κ1) is 13.1. The van der Waals surface area contributed by atoms with E-state index in [1.807, 2.05) is 5.38 Å². The van der Waals surface area contributed by atoms with Gasteiger partial charge in [0, 0.05) is 17.5 Å². The minimum Gasteiger partial charge on any atom is -0.298 e. The number of aromatic nitrogens is 2. The lowest BCUT2D eigenvalue weighted by Crippen LogP contribution is -2.19. The zero-order valence-corrected chi connectivity index (χ0v) is 12.4. The number of nitrogens with zero attached hydrogens (tertiary/aromatic N) is 2. The van der Waals surface area contributed by atoms with Crippen LogP contribution in [0.2, 0.25) is 0 Å². The summed E-state index contributed by atoms with van der Waals surface area (Å²) in [6, 6.07) is 8.32. The van der Waals surface area contributed by atoms with Crippen LogP contribution in [0.3, 0.4) is 0 Å². The van der Waals surface area contributed by atoms with Gasteiger partial charge < -0.3 is 0 Å². The average Bonchev–Trinajstić information content (AvgIpc) is 2.88. The van der Waals surface area contributed by atoms with Gasteiger partial charge in [-0.15, -0.1) is 11.3 Å². The molecule has 20 heavy (non-hydrogen) atoms. The lowest BCUT2D eigenvalue weighted by molar-refractivity contribution is 0.649. The van der Waals surface area contributed by atoms with Crippen molar-refractivity contribution in [2.75, 3.05) is 0 Å². The van der Waals surface area contributed by atoms with Crippen LogP contribution in [0.25, 0.3) is 21.3 Å². The van der Waals surface area contributed by atoms with Gasteiger partial charge in [-0.25, -0.2) is 4.98 Å². The van der Waals surface area contributed by atoms with Crippen molar-refractivity contribution in [3.05, 3.63) is 51.9 Å². The summed E-state index contributed by atoms with van der Waals surface area (Å²) in [6.45, 7) is 4.85. The summed E-state index contributed by atoms with van der Waals surface area (Å²) in [5.74, 6) is 0. The van der Waals surface area contributed by atoms with Gasteiger partial charge in [0.25, 0.3) is 5.56 Å². The summed E-state index contributed by atoms with van der Waals surface area (Å²) < 4.78 is 2.44. The molecule has 1 aromatic carbocycles. The number of fused-ring (bicyclic) bond motifs is 1. The molecule has 0 spiro atoms. The first-order chi connectivity index (χ1) is 9.70. The van der Waals surface area contributed by atoms with Gasteiger partial charge in [-0.3, -0.25) is 9.36 Å². The number of rotatable bonds is 3. The molecule has 0 amide bonds. The van der Waals surface area contributed by atoms with Crippen molar-refractivity contribution in [2.45, 2.75) is 26.8 Å². The van der Waals surface area contributed by atoms with Crippen LogP contribution in [0.5, 0.6) is 0 Å². The molecule has 3 rings (SSSR count). The molecule has 0 aliphatic heterocycles. The molecule has 4 heteroatoms. The van der Waals surface area contributed by atoms with E-state index in [0.717, 1.165) is 34.3 Å². The highest BCUT2D eigenvalue weighted by Crippen LogP contribution is 2.30. The average molecular weight is 284 g/mol. The smallest absolute Gasteiger partial charge is 0.271 e. The van der Waals surface area contributed by atoms with E-state index < -0.39 is 0 Å². The normalized spacial score (nSPS) is 11.1. The molecule has 0 aliphatic rings. The summed E-state index contributed by atoms with van der Waals surface area (Å²) in [5.41, 5.74) is 4.27. The van der Waals surface area contributed by atoms with Crippen LogP contribution >= 0.6 is 11.3 Å². The summed E-state index contributed by atoms with van der Waals surface area (Å²) in [4.78, 5) is 16.8. The van der Waals surface area contributed by atoms with Crippen molar-refractivity contribution in [1.82, 2.24) is 9.55 Å². The van der Waals surface area contributed by atoms with Crippen LogP contribution < -0.4 is 5.56 Å². The van der Waals surface area contributed by atoms with E-state index in [4.69, 9.17) is 0 Å². The summed E-state index contributed by atoms with van der Waals surface area (Å²) in [5, 5.41) is 2.03. The Labute approximate surface area is 121 Å². The highest BCUT2D eigenvalue weighted by atomic mass is 32.1. The van der Waals surface area contributed by atoms with Crippen LogP contribution in [0.1, 0.15) is 18.9 Å². The molecule has 0 saturated heterocycles. The van der Waals surface area contributed by atoms with Crippen molar-refractivity contribution in [3.8, 4) is 11.1 Å². The Morgan fingerprint density at radius 2 is 2.00 bits per heavy atom. The first-order valence-corrected chi connectivity index (χ1v) is 7.62. The Kier molecular flexibility index (Phi) is 3.40. The molecule has 0 bridgehead atoms. The van der Waals surface area contributed by atoms with E-state index in [-0.39, 0.29) is 5.56 Å². The van der Waals surface area contributed by atoms with E-state index in [1.54, 1.807) is 10.9 Å². The van der Waals surface area contributed by atoms with Gasteiger partial charge in [0.2, 0.25) is 0 Å². The highest BCUT2D eigenvalue weighted by Gasteiger charge is 2.11. The summed E-state index contributed by atoms with van der Waals surface area (Å²) in [6.07, 6.45) is 2.60. The Balaban J connectivity index is 2.17. The summed E-state index contributed by atoms with van der Waals surface area (Å²) >= 11 is 1.48. The van der Waals surface area contributed by atoms with Gasteiger partial charge in [-0.05, 0) is 18.9 Å². The molecule has 3 aromatic rings. The van der Waals surface area contributed by atoms with E-state index in [0.29, 0.717) is 0 Å². The first-order valence-electron chi connectivity index (χ1n) is 6.74. The minimum absolute atomic E-state index is 0.0696. The quantitative estimate of drug-likeness (QED) is 0.732. The predicted molar refractivity (Wildman–Crippen MR) is 84.3 cm³/mol. The zero-order valence-electron chi connectivity index (χ0n) is 11.6. The monoisotopic (exact) mass is 284 g/mol. The van der Waals surface area contributed by atoms with Crippen molar-refractivity contribution in [1.29, 1.82) is 0 Å². The van der Waals surface area contributed by atoms with Crippen LogP contribution in [0, 0.1) is 6.92 Å². The molecule has 0 N–H and O–H groups in total. The van der Waals surface area contributed by atoms with Gasteiger partial charge in [-0.1, -0.05) is 36.8 Å². The van der Waals surface area contributed by atoms with E-state index in [9.17, 15) is 4.79 Å². The molecule has 2 aromatic heterocycles. The molecule has 0 unspecified atom stereocenters. The van der Waals surface area contributed by atoms with Crippen LogP contribution in [-0.4, -0.2) is 9.55 Å². The van der Waals surface area contributed by atoms with Crippen molar-refractivity contribution in [2.24, 2.45) is 0 Å². The zero-order chi connectivity index (χ0) is 14.1. The van der Waals surface area contributed by atoms with E-state index in [2.05, 4.69) is 43.1 Å². The Morgan fingerprint density at radius 1 is 1.25 bits per heavy atom. The van der Waals surface area contributed by atoms with Gasteiger partial charge in [0.05, 0.1) is 11.8 Å². The maximum absolute atomic E-state index is 12.4. The van der Waals surface area contributed by atoms with E-state index >= 15 is 0 Å². The Bertz CT molecular complexity index is 799. The molecule has 3 nitrogen and oxygen atoms in total. The highest BCUT2D eigenvalue weighted by molar-refractivity contribution is 7.17. The summed E-state index contributed by atoms with van der Waals surface area (Å²) in [7, 11) is 0. The predicted octanol–water partition coefficient (Wildman–Crippen LogP) is 3.84. The molecule has 0 fully saturated rings. The number of thiophene rings is 1. The molecule has 0 atom stereocenters. The molecular formula is C16H16N2OS. The van der Waals surface area contributed by atoms with Gasteiger partial charge in [0.1, 0.15) is 4.70 Å².